The van der Waals surface area contributed by atoms with Crippen molar-refractivity contribution in [3.05, 3.63) is 102 Å². The number of nitrogens with one attached hydrogen (secondary N) is 4. The summed E-state index contributed by atoms with van der Waals surface area (Å²) < 4.78 is 28.1. The minimum Gasteiger partial charge on any atom is -0.319 e. The van der Waals surface area contributed by atoms with E-state index in [4.69, 9.17) is 0 Å². The molecule has 2 amide bonds. The Morgan fingerprint density at radius 1 is 0.879 bits per heavy atom. The van der Waals surface area contributed by atoms with E-state index in [1.165, 1.54) is 42.5 Å². The molecule has 0 bridgehead atoms. The molecule has 2 heterocycles. The summed E-state index contributed by atoms with van der Waals surface area (Å²) in [6.07, 6.45) is 5.36. The molecule has 4 N–H and O–H groups in total. The topological polar surface area (TPSA) is 95.2 Å². The van der Waals surface area contributed by atoms with E-state index >= 15 is 0 Å². The van der Waals surface area contributed by atoms with Crippen LogP contribution >= 0.6 is 0 Å². The first-order valence-electron chi connectivity index (χ1n) is 10.3. The Kier molecular flexibility index (Phi) is 6.82. The number of hydrogen-bond donors (Lipinski definition) is 4. The van der Waals surface area contributed by atoms with Crippen LogP contribution in [0.25, 0.3) is 0 Å². The van der Waals surface area contributed by atoms with Gasteiger partial charge >= 0.3 is 0 Å². The van der Waals surface area contributed by atoms with Crippen molar-refractivity contribution in [3.63, 3.8) is 0 Å². The number of hydrogen-bond acceptors (Lipinski definition) is 5. The Bertz CT molecular complexity index is 1120. The first-order chi connectivity index (χ1) is 16.0. The second kappa shape index (κ2) is 10.1. The Hall–Kier alpha value is -3.95. The van der Waals surface area contributed by atoms with Gasteiger partial charge in [0.2, 0.25) is 0 Å². The third-order valence-corrected chi connectivity index (χ3v) is 5.12. The monoisotopic (exact) mass is 449 g/mol. The van der Waals surface area contributed by atoms with E-state index in [1.54, 1.807) is 24.5 Å². The van der Waals surface area contributed by atoms with Gasteiger partial charge in [-0.2, -0.15) is 0 Å². The highest BCUT2D eigenvalue weighted by Gasteiger charge is 2.28. The molecule has 0 aliphatic carbocycles. The van der Waals surface area contributed by atoms with Crippen LogP contribution in [0.1, 0.15) is 18.0 Å². The van der Waals surface area contributed by atoms with Crippen LogP contribution in [0.15, 0.2) is 84.7 Å². The highest BCUT2D eigenvalue weighted by atomic mass is 19.1. The molecule has 0 spiro atoms. The maximum Gasteiger partial charge on any atom is 0.261 e. The number of aromatic nitrogens is 1. The van der Waals surface area contributed by atoms with Crippen LogP contribution in [0, 0.1) is 11.6 Å². The molecular formula is C24H21F2N5O2. The summed E-state index contributed by atoms with van der Waals surface area (Å²) in [6.45, 7) is 0. The molecule has 1 aliphatic rings. The van der Waals surface area contributed by atoms with Gasteiger partial charge in [-0.25, -0.2) is 14.2 Å². The number of anilines is 2. The summed E-state index contributed by atoms with van der Waals surface area (Å²) in [7, 11) is 0. The van der Waals surface area contributed by atoms with E-state index in [2.05, 4.69) is 26.5 Å². The van der Waals surface area contributed by atoms with E-state index in [1.807, 2.05) is 12.1 Å². The van der Waals surface area contributed by atoms with Gasteiger partial charge < -0.3 is 10.6 Å². The van der Waals surface area contributed by atoms with Gasteiger partial charge in [-0.1, -0.05) is 30.3 Å². The van der Waals surface area contributed by atoms with E-state index in [-0.39, 0.29) is 23.0 Å². The maximum atomic E-state index is 14.0. The highest BCUT2D eigenvalue weighted by molar-refractivity contribution is 6.26. The summed E-state index contributed by atoms with van der Waals surface area (Å²) in [5, 5.41) is 4.83. The lowest BCUT2D eigenvalue weighted by Crippen LogP contribution is -2.32. The molecule has 7 nitrogen and oxygen atoms in total. The Labute approximate surface area is 188 Å². The quantitative estimate of drug-likeness (QED) is 0.263. The molecule has 33 heavy (non-hydrogen) atoms. The van der Waals surface area contributed by atoms with Crippen molar-refractivity contribution in [2.24, 2.45) is 0 Å². The van der Waals surface area contributed by atoms with Gasteiger partial charge in [0.1, 0.15) is 17.2 Å². The van der Waals surface area contributed by atoms with Gasteiger partial charge in [0.15, 0.2) is 0 Å². The predicted octanol–water partition coefficient (Wildman–Crippen LogP) is 3.47. The number of para-hydroxylation sites is 2. The number of nitrogens with zero attached hydrogens (tertiary/aromatic N) is 1. The average molecular weight is 449 g/mol. The van der Waals surface area contributed by atoms with Crippen molar-refractivity contribution in [2.75, 3.05) is 10.6 Å². The molecule has 4 rings (SSSR count). The molecule has 1 aliphatic heterocycles. The predicted molar refractivity (Wildman–Crippen MR) is 120 cm³/mol. The summed E-state index contributed by atoms with van der Waals surface area (Å²) in [6, 6.07) is 14.5. The molecular weight excluding hydrogens is 428 g/mol. The lowest BCUT2D eigenvalue weighted by Gasteiger charge is -2.13. The van der Waals surface area contributed by atoms with Gasteiger partial charge in [-0.15, -0.1) is 0 Å². The van der Waals surface area contributed by atoms with Crippen LogP contribution in [0.5, 0.6) is 0 Å². The van der Waals surface area contributed by atoms with Crippen LogP contribution in [-0.2, 0) is 9.59 Å². The van der Waals surface area contributed by atoms with Gasteiger partial charge in [0.25, 0.3) is 11.8 Å². The van der Waals surface area contributed by atoms with E-state index < -0.39 is 29.5 Å². The second-order valence-corrected chi connectivity index (χ2v) is 7.42. The fourth-order valence-corrected chi connectivity index (χ4v) is 3.45. The fraction of sp³-hybridized carbons (Fsp3) is 0.125. The van der Waals surface area contributed by atoms with Gasteiger partial charge in [-0.3, -0.25) is 20.0 Å². The Morgan fingerprint density at radius 3 is 2.03 bits per heavy atom. The summed E-state index contributed by atoms with van der Waals surface area (Å²) in [5.41, 5.74) is 6.65. The molecule has 168 valence electrons. The zero-order valence-electron chi connectivity index (χ0n) is 17.4. The molecule has 3 aromatic rings. The van der Waals surface area contributed by atoms with E-state index in [0.717, 1.165) is 5.56 Å². The minimum absolute atomic E-state index is 0.0714. The largest absolute Gasteiger partial charge is 0.319 e. The zero-order chi connectivity index (χ0) is 23.2. The highest BCUT2D eigenvalue weighted by Crippen LogP contribution is 2.23. The lowest BCUT2D eigenvalue weighted by molar-refractivity contribution is -0.118. The van der Waals surface area contributed by atoms with Gasteiger partial charge in [0, 0.05) is 24.5 Å². The van der Waals surface area contributed by atoms with E-state index in [0.29, 0.717) is 6.42 Å². The molecule has 1 saturated heterocycles. The zero-order valence-corrected chi connectivity index (χ0v) is 17.4. The number of benzene rings is 2. The first-order valence-corrected chi connectivity index (χ1v) is 10.3. The molecule has 0 radical (unpaired) electrons. The number of halogens is 2. The Morgan fingerprint density at radius 2 is 1.48 bits per heavy atom. The van der Waals surface area contributed by atoms with Gasteiger partial charge in [0.05, 0.1) is 11.4 Å². The smallest absolute Gasteiger partial charge is 0.261 e. The normalized spacial score (nSPS) is 17.3. The molecule has 2 atom stereocenters. The van der Waals surface area contributed by atoms with Crippen molar-refractivity contribution in [3.8, 4) is 0 Å². The van der Waals surface area contributed by atoms with Crippen molar-refractivity contribution < 1.29 is 18.4 Å². The molecule has 0 saturated carbocycles. The van der Waals surface area contributed by atoms with Crippen molar-refractivity contribution >= 4 is 23.2 Å². The summed E-state index contributed by atoms with van der Waals surface area (Å²) in [4.78, 5) is 30.0. The minimum atomic E-state index is -0.819. The summed E-state index contributed by atoms with van der Waals surface area (Å²) in [5.74, 6) is -2.92. The molecule has 9 heteroatoms. The van der Waals surface area contributed by atoms with Crippen molar-refractivity contribution in [1.29, 1.82) is 0 Å². The number of pyridine rings is 1. The summed E-state index contributed by atoms with van der Waals surface area (Å²) >= 11 is 0. The average Bonchev–Trinajstić information content (AvgIpc) is 3.30. The second-order valence-electron chi connectivity index (χ2n) is 7.42. The molecule has 1 fully saturated rings. The number of amides is 2. The number of rotatable bonds is 6. The lowest BCUT2D eigenvalue weighted by atomic mass is 10.0. The number of carbonyl (C=O) groups excluding carboxylic acids is 2. The number of carbonyl (C=O) groups is 2. The third kappa shape index (κ3) is 5.46. The maximum absolute atomic E-state index is 14.0. The van der Waals surface area contributed by atoms with Crippen LogP contribution < -0.4 is 21.5 Å². The SMILES string of the molecule is O=C(Nc1ccccc1F)C(=CC1CC(c2cccnc2)NN1)C(=O)Nc1ccccc1F. The number of hydrazine groups is 1. The molecule has 1 aromatic heterocycles. The van der Waals surface area contributed by atoms with E-state index in [9.17, 15) is 18.4 Å². The van der Waals surface area contributed by atoms with Gasteiger partial charge in [-0.05, 0) is 48.4 Å². The van der Waals surface area contributed by atoms with Crippen molar-refractivity contribution in [1.82, 2.24) is 15.8 Å². The van der Waals surface area contributed by atoms with Crippen molar-refractivity contribution in [2.45, 2.75) is 18.5 Å². The van der Waals surface area contributed by atoms with Crippen LogP contribution in [0.4, 0.5) is 20.2 Å². The fourth-order valence-electron chi connectivity index (χ4n) is 3.45. The standard InChI is InChI=1S/C24H21F2N5O2/c25-18-7-1-3-9-20(18)28-23(32)17(24(33)29-21-10-4-2-8-19(21)26)12-16-13-22(31-30-16)15-6-5-11-27-14-15/h1-12,14,16,22,30-31H,13H2,(H,28,32)(H,29,33). The van der Waals surface area contributed by atoms with Crippen LogP contribution in [0.2, 0.25) is 0 Å². The van der Waals surface area contributed by atoms with Crippen LogP contribution in [0.3, 0.4) is 0 Å². The Balaban J connectivity index is 1.58. The van der Waals surface area contributed by atoms with Crippen LogP contribution in [-0.4, -0.2) is 22.8 Å². The third-order valence-electron chi connectivity index (χ3n) is 5.12. The molecule has 2 unspecified atom stereocenters. The molecule has 2 aromatic carbocycles. The first kappa shape index (κ1) is 22.3.